The van der Waals surface area contributed by atoms with Crippen LogP contribution in [-0.2, 0) is 0 Å². The van der Waals surface area contributed by atoms with Crippen LogP contribution in [-0.4, -0.2) is 20.3 Å². The number of hydrogen-bond donors (Lipinski definition) is 2. The Morgan fingerprint density at radius 2 is 1.90 bits per heavy atom. The highest BCUT2D eigenvalue weighted by Gasteiger charge is 2.08. The third-order valence-corrected chi connectivity index (χ3v) is 3.12. The zero-order chi connectivity index (χ0) is 14.7. The molecule has 0 amide bonds. The molecule has 104 valence electrons. The van der Waals surface area contributed by atoms with Gasteiger partial charge in [0.25, 0.3) is 0 Å². The van der Waals surface area contributed by atoms with Gasteiger partial charge in [0, 0.05) is 0 Å². The van der Waals surface area contributed by atoms with E-state index in [9.17, 15) is 5.11 Å². The molecule has 0 unspecified atom stereocenters. The molecule has 21 heavy (non-hydrogen) atoms. The highest BCUT2D eigenvalue weighted by atomic mass is 16.3. The predicted molar refractivity (Wildman–Crippen MR) is 83.6 cm³/mol. The summed E-state index contributed by atoms with van der Waals surface area (Å²) < 4.78 is 0. The molecule has 0 aliphatic rings. The lowest BCUT2D eigenvalue weighted by Crippen LogP contribution is -1.81. The maximum Gasteiger partial charge on any atom is 0.185 e. The van der Waals surface area contributed by atoms with Gasteiger partial charge >= 0.3 is 0 Å². The minimum Gasteiger partial charge on any atom is -0.507 e. The van der Waals surface area contributed by atoms with Gasteiger partial charge in [-0.05, 0) is 30.7 Å². The van der Waals surface area contributed by atoms with E-state index in [4.69, 9.17) is 0 Å². The molecule has 0 radical (unpaired) electrons. The smallest absolute Gasteiger partial charge is 0.185 e. The maximum atomic E-state index is 9.80. The Hall–Kier alpha value is -2.88. The number of para-hydroxylation sites is 1. The van der Waals surface area contributed by atoms with Crippen LogP contribution in [0.25, 0.3) is 23.5 Å². The second kappa shape index (κ2) is 5.63. The van der Waals surface area contributed by atoms with Crippen molar-refractivity contribution in [1.82, 2.24) is 15.2 Å². The summed E-state index contributed by atoms with van der Waals surface area (Å²) in [6.07, 6.45) is 3.84. The molecule has 0 bridgehead atoms. The highest BCUT2D eigenvalue weighted by Crippen LogP contribution is 2.25. The predicted octanol–water partition coefficient (Wildman–Crippen LogP) is 3.66. The van der Waals surface area contributed by atoms with Crippen LogP contribution >= 0.6 is 0 Å². The summed E-state index contributed by atoms with van der Waals surface area (Å²) in [5.41, 5.74) is 2.93. The van der Waals surface area contributed by atoms with Crippen molar-refractivity contribution in [2.75, 3.05) is 0 Å². The van der Waals surface area contributed by atoms with Crippen molar-refractivity contribution in [1.29, 1.82) is 0 Å². The van der Waals surface area contributed by atoms with Gasteiger partial charge in [0.05, 0.1) is 5.56 Å². The fourth-order valence-electron chi connectivity index (χ4n) is 2.08. The average molecular weight is 277 g/mol. The summed E-state index contributed by atoms with van der Waals surface area (Å²) in [4.78, 5) is 4.37. The molecule has 3 rings (SSSR count). The van der Waals surface area contributed by atoms with Crippen LogP contribution in [0.5, 0.6) is 5.75 Å². The number of aromatic hydroxyl groups is 1. The van der Waals surface area contributed by atoms with Gasteiger partial charge in [-0.2, -0.15) is 5.10 Å². The van der Waals surface area contributed by atoms with Gasteiger partial charge in [0.2, 0.25) is 0 Å². The van der Waals surface area contributed by atoms with E-state index in [1.165, 1.54) is 5.56 Å². The van der Waals surface area contributed by atoms with E-state index in [1.807, 2.05) is 30.4 Å². The lowest BCUT2D eigenvalue weighted by Gasteiger charge is -1.97. The number of nitrogens with zero attached hydrogens (tertiary/aromatic N) is 2. The van der Waals surface area contributed by atoms with Crippen molar-refractivity contribution in [2.45, 2.75) is 6.92 Å². The largest absolute Gasteiger partial charge is 0.507 e. The lowest BCUT2D eigenvalue weighted by atomic mass is 10.1. The molecule has 0 saturated heterocycles. The van der Waals surface area contributed by atoms with Gasteiger partial charge in [0.15, 0.2) is 5.82 Å². The van der Waals surface area contributed by atoms with E-state index in [1.54, 1.807) is 18.2 Å². The molecule has 0 atom stereocenters. The summed E-state index contributed by atoms with van der Waals surface area (Å²) >= 11 is 0. The maximum absolute atomic E-state index is 9.80. The molecule has 3 aromatic rings. The van der Waals surface area contributed by atoms with Gasteiger partial charge in [-0.1, -0.05) is 48.0 Å². The Bertz CT molecular complexity index is 790. The summed E-state index contributed by atoms with van der Waals surface area (Å²) in [6.45, 7) is 2.06. The summed E-state index contributed by atoms with van der Waals surface area (Å²) in [6, 6.07) is 15.2. The third-order valence-electron chi connectivity index (χ3n) is 3.12. The minimum absolute atomic E-state index is 0.172. The van der Waals surface area contributed by atoms with Crippen LogP contribution < -0.4 is 0 Å². The number of aryl methyl sites for hydroxylation is 1. The van der Waals surface area contributed by atoms with E-state index in [-0.39, 0.29) is 5.75 Å². The molecule has 4 nitrogen and oxygen atoms in total. The van der Waals surface area contributed by atoms with Crippen molar-refractivity contribution in [3.63, 3.8) is 0 Å². The number of aromatic amines is 1. The topological polar surface area (TPSA) is 61.8 Å². The fraction of sp³-hybridized carbons (Fsp3) is 0.0588. The molecule has 0 spiro atoms. The zero-order valence-corrected chi connectivity index (χ0v) is 11.6. The average Bonchev–Trinajstić information content (AvgIpc) is 2.94. The van der Waals surface area contributed by atoms with Crippen LogP contribution in [0.4, 0.5) is 0 Å². The van der Waals surface area contributed by atoms with E-state index >= 15 is 0 Å². The minimum atomic E-state index is 0.172. The number of nitrogens with one attached hydrogen (secondary N) is 1. The van der Waals surface area contributed by atoms with Gasteiger partial charge in [0.1, 0.15) is 11.6 Å². The third kappa shape index (κ3) is 3.00. The molecule has 1 heterocycles. The van der Waals surface area contributed by atoms with Crippen molar-refractivity contribution >= 4 is 12.2 Å². The monoisotopic (exact) mass is 277 g/mol. The summed E-state index contributed by atoms with van der Waals surface area (Å²) in [7, 11) is 0. The van der Waals surface area contributed by atoms with Crippen LogP contribution in [0.15, 0.2) is 48.5 Å². The van der Waals surface area contributed by atoms with Crippen molar-refractivity contribution in [3.8, 4) is 17.1 Å². The molecular weight excluding hydrogens is 262 g/mol. The van der Waals surface area contributed by atoms with Crippen molar-refractivity contribution in [3.05, 3.63) is 65.5 Å². The van der Waals surface area contributed by atoms with E-state index in [2.05, 4.69) is 34.2 Å². The molecule has 1 aromatic heterocycles. The number of aromatic nitrogens is 3. The summed E-state index contributed by atoms with van der Waals surface area (Å²) in [5, 5.41) is 16.8. The van der Waals surface area contributed by atoms with Gasteiger partial charge in [-0.15, -0.1) is 0 Å². The Balaban J connectivity index is 1.84. The quantitative estimate of drug-likeness (QED) is 0.768. The number of phenols is 1. The van der Waals surface area contributed by atoms with Gasteiger partial charge in [-0.25, -0.2) is 4.98 Å². The zero-order valence-electron chi connectivity index (χ0n) is 11.6. The number of benzene rings is 2. The van der Waals surface area contributed by atoms with Crippen molar-refractivity contribution < 1.29 is 5.11 Å². The molecule has 0 saturated carbocycles. The molecule has 0 aliphatic heterocycles. The molecule has 4 heteroatoms. The number of rotatable bonds is 3. The number of hydrogen-bond acceptors (Lipinski definition) is 3. The normalized spacial score (nSPS) is 11.1. The second-order valence-corrected chi connectivity index (χ2v) is 4.81. The van der Waals surface area contributed by atoms with E-state index in [0.717, 1.165) is 5.56 Å². The molecular formula is C17H15N3O. The van der Waals surface area contributed by atoms with Crippen LogP contribution in [0.3, 0.4) is 0 Å². The molecule has 2 aromatic carbocycles. The van der Waals surface area contributed by atoms with Crippen molar-refractivity contribution in [2.24, 2.45) is 0 Å². The molecule has 2 N–H and O–H groups in total. The first-order chi connectivity index (χ1) is 10.2. The highest BCUT2D eigenvalue weighted by molar-refractivity contribution is 5.69. The number of phenolic OH excluding ortho intramolecular Hbond substituents is 1. The molecule has 0 aliphatic carbocycles. The standard InChI is InChI=1S/C17H15N3O/c1-12-5-4-6-13(11-12)9-10-16-18-17(20-19-16)14-7-2-3-8-15(14)21/h2-11,21H,1H3,(H,18,19,20)/b10-9+. The van der Waals surface area contributed by atoms with Gasteiger partial charge < -0.3 is 5.11 Å². The van der Waals surface area contributed by atoms with Crippen LogP contribution in [0, 0.1) is 6.92 Å². The fourth-order valence-corrected chi connectivity index (χ4v) is 2.08. The molecule has 0 fully saturated rings. The number of H-pyrrole nitrogens is 1. The Morgan fingerprint density at radius 1 is 1.05 bits per heavy atom. The Morgan fingerprint density at radius 3 is 2.71 bits per heavy atom. The SMILES string of the molecule is Cc1cccc(/C=C/c2nc(-c3ccccc3O)n[nH]2)c1. The van der Waals surface area contributed by atoms with E-state index < -0.39 is 0 Å². The van der Waals surface area contributed by atoms with Gasteiger partial charge in [-0.3, -0.25) is 5.10 Å². The summed E-state index contributed by atoms with van der Waals surface area (Å²) in [5.74, 6) is 1.30. The van der Waals surface area contributed by atoms with Crippen LogP contribution in [0.1, 0.15) is 17.0 Å². The Labute approximate surface area is 122 Å². The second-order valence-electron chi connectivity index (χ2n) is 4.81. The first-order valence-electron chi connectivity index (χ1n) is 6.68. The lowest BCUT2D eigenvalue weighted by molar-refractivity contribution is 0.477. The van der Waals surface area contributed by atoms with E-state index in [0.29, 0.717) is 17.2 Å². The van der Waals surface area contributed by atoms with Crippen LogP contribution in [0.2, 0.25) is 0 Å². The Kier molecular flexibility index (Phi) is 3.51. The first kappa shape index (κ1) is 13.1. The first-order valence-corrected chi connectivity index (χ1v) is 6.68.